The van der Waals surface area contributed by atoms with Crippen LogP contribution in [0.15, 0.2) is 24.3 Å². The molecule has 238 valence electrons. The first-order chi connectivity index (χ1) is 20.3. The molecule has 2 aliphatic rings. The fourth-order valence-electron chi connectivity index (χ4n) is 5.39. The molecule has 1 aromatic rings. The first-order valence-corrected chi connectivity index (χ1v) is 14.8. The van der Waals surface area contributed by atoms with E-state index < -0.39 is 60.3 Å². The smallest absolute Gasteiger partial charge is 0.449 e. The molecule has 1 aromatic carbocycles. The van der Waals surface area contributed by atoms with Crippen LogP contribution in [0.25, 0.3) is 0 Å². The number of methoxy groups -OCH3 is 1. The number of rotatable bonds is 11. The number of ketones is 1. The van der Waals surface area contributed by atoms with Crippen molar-refractivity contribution in [1.29, 1.82) is 0 Å². The van der Waals surface area contributed by atoms with Crippen LogP contribution in [-0.4, -0.2) is 78.3 Å². The van der Waals surface area contributed by atoms with Crippen LogP contribution in [0.2, 0.25) is 0 Å². The van der Waals surface area contributed by atoms with Crippen LogP contribution in [0.4, 0.5) is 13.2 Å². The van der Waals surface area contributed by atoms with Gasteiger partial charge in [-0.15, -0.1) is 0 Å². The summed E-state index contributed by atoms with van der Waals surface area (Å²) >= 11 is 0. The fourth-order valence-corrected chi connectivity index (χ4v) is 5.39. The maximum absolute atomic E-state index is 13.7. The van der Waals surface area contributed by atoms with Crippen LogP contribution in [0.5, 0.6) is 5.75 Å². The normalized spacial score (nSPS) is 24.2. The highest BCUT2D eigenvalue weighted by molar-refractivity contribution is 5.98. The van der Waals surface area contributed by atoms with Gasteiger partial charge in [-0.3, -0.25) is 24.0 Å². The minimum Gasteiger partial charge on any atom is -0.497 e. The molecule has 3 rings (SSSR count). The van der Waals surface area contributed by atoms with E-state index in [0.717, 1.165) is 0 Å². The molecule has 0 spiro atoms. The maximum Gasteiger partial charge on any atom is 0.449 e. The summed E-state index contributed by atoms with van der Waals surface area (Å²) in [6.45, 7) is 4.07. The Morgan fingerprint density at radius 1 is 0.977 bits per heavy atom. The number of unbranched alkanes of at least 4 members (excludes halogenated alkanes) is 2. The number of nitrogens with zero attached hydrogens (tertiary/aromatic N) is 1. The first-order valence-electron chi connectivity index (χ1n) is 14.8. The van der Waals surface area contributed by atoms with Crippen LogP contribution < -0.4 is 20.7 Å². The van der Waals surface area contributed by atoms with Crippen LogP contribution >= 0.6 is 0 Å². The summed E-state index contributed by atoms with van der Waals surface area (Å²) in [7, 11) is 1.52. The Hall–Kier alpha value is -3.64. The number of benzene rings is 1. The molecule has 43 heavy (non-hydrogen) atoms. The molecule has 13 heteroatoms. The van der Waals surface area contributed by atoms with E-state index in [1.54, 1.807) is 24.3 Å². The molecule has 0 aliphatic carbocycles. The van der Waals surface area contributed by atoms with Crippen LogP contribution in [0, 0.1) is 5.92 Å². The zero-order valence-electron chi connectivity index (χ0n) is 24.8. The van der Waals surface area contributed by atoms with Crippen molar-refractivity contribution in [2.45, 2.75) is 102 Å². The number of carbonyl (C=O) groups is 5. The van der Waals surface area contributed by atoms with E-state index in [-0.39, 0.29) is 43.9 Å². The van der Waals surface area contributed by atoms with Gasteiger partial charge in [0.25, 0.3) is 0 Å². The summed E-state index contributed by atoms with van der Waals surface area (Å²) in [5.41, 5.74) is 0.717. The molecular weight excluding hydrogens is 569 g/mol. The van der Waals surface area contributed by atoms with Gasteiger partial charge in [0.05, 0.1) is 7.11 Å². The van der Waals surface area contributed by atoms with E-state index in [2.05, 4.69) is 16.0 Å². The number of alkyl halides is 3. The van der Waals surface area contributed by atoms with Crippen molar-refractivity contribution in [1.82, 2.24) is 20.9 Å². The molecule has 3 N–H and O–H groups in total. The standard InChI is InChI=1S/C30H41F3N4O6/c1-4-18(2)25-29(42)37-16-8-10-23(37)28(41)34-21(9-6-5-7-11-24(38)30(31,32)33)26(39)35-22(27(40)36-25)17-19-12-14-20(43-3)15-13-19/h12-15,18,21-23,25H,4-11,16-17H2,1-3H3,(H,34,41)(H,35,39)(H,36,40)/t18-,21-,22+,23+,25-/m0/s1. The molecule has 0 unspecified atom stereocenters. The largest absolute Gasteiger partial charge is 0.497 e. The summed E-state index contributed by atoms with van der Waals surface area (Å²) in [4.78, 5) is 66.9. The number of ether oxygens (including phenoxy) is 1. The number of carbonyl (C=O) groups excluding carboxylic acids is 5. The van der Waals surface area contributed by atoms with Gasteiger partial charge in [0, 0.05) is 19.4 Å². The quantitative estimate of drug-likeness (QED) is 0.330. The van der Waals surface area contributed by atoms with Crippen molar-refractivity contribution in [2.75, 3.05) is 13.7 Å². The van der Waals surface area contributed by atoms with Crippen molar-refractivity contribution in [3.05, 3.63) is 29.8 Å². The van der Waals surface area contributed by atoms with Gasteiger partial charge < -0.3 is 25.6 Å². The van der Waals surface area contributed by atoms with Crippen molar-refractivity contribution in [2.24, 2.45) is 5.92 Å². The highest BCUT2D eigenvalue weighted by Gasteiger charge is 2.42. The first kappa shape index (κ1) is 33.9. The molecule has 0 saturated carbocycles. The van der Waals surface area contributed by atoms with Gasteiger partial charge in [-0.1, -0.05) is 45.2 Å². The maximum atomic E-state index is 13.7. The Morgan fingerprint density at radius 2 is 1.63 bits per heavy atom. The Balaban J connectivity index is 1.85. The van der Waals surface area contributed by atoms with Crippen LogP contribution in [0.1, 0.15) is 70.8 Å². The highest BCUT2D eigenvalue weighted by atomic mass is 19.4. The third-order valence-corrected chi connectivity index (χ3v) is 8.19. The Kier molecular flexibility index (Phi) is 12.0. The zero-order valence-corrected chi connectivity index (χ0v) is 24.8. The van der Waals surface area contributed by atoms with E-state index in [0.29, 0.717) is 37.1 Å². The van der Waals surface area contributed by atoms with E-state index in [9.17, 15) is 37.1 Å². The van der Waals surface area contributed by atoms with Crippen molar-refractivity contribution in [3.63, 3.8) is 0 Å². The predicted molar refractivity (Wildman–Crippen MR) is 151 cm³/mol. The predicted octanol–water partition coefficient (Wildman–Crippen LogP) is 2.82. The number of halogens is 3. The third-order valence-electron chi connectivity index (χ3n) is 8.19. The number of amides is 4. The lowest BCUT2D eigenvalue weighted by atomic mass is 9.95. The minimum atomic E-state index is -4.89. The Bertz CT molecular complexity index is 1160. The number of hydrogen-bond donors (Lipinski definition) is 3. The van der Waals surface area contributed by atoms with Gasteiger partial charge >= 0.3 is 6.18 Å². The van der Waals surface area contributed by atoms with Gasteiger partial charge in [-0.05, 0) is 49.3 Å². The fraction of sp³-hybridized carbons (Fsp3) is 0.633. The van der Waals surface area contributed by atoms with Gasteiger partial charge in [-0.2, -0.15) is 13.2 Å². The Morgan fingerprint density at radius 3 is 2.26 bits per heavy atom. The highest BCUT2D eigenvalue weighted by Crippen LogP contribution is 2.23. The molecular formula is C30H41F3N4O6. The van der Waals surface area contributed by atoms with Gasteiger partial charge in [0.1, 0.15) is 29.9 Å². The van der Waals surface area contributed by atoms with E-state index in [1.807, 2.05) is 13.8 Å². The van der Waals surface area contributed by atoms with Gasteiger partial charge in [0.2, 0.25) is 29.4 Å². The summed E-state index contributed by atoms with van der Waals surface area (Å²) < 4.78 is 42.8. The lowest BCUT2D eigenvalue weighted by molar-refractivity contribution is -0.171. The summed E-state index contributed by atoms with van der Waals surface area (Å²) in [6.07, 6.45) is -3.36. The number of hydrogen-bond acceptors (Lipinski definition) is 6. The monoisotopic (exact) mass is 610 g/mol. The van der Waals surface area contributed by atoms with E-state index in [1.165, 1.54) is 12.0 Å². The second-order valence-electron chi connectivity index (χ2n) is 11.3. The van der Waals surface area contributed by atoms with Gasteiger partial charge in [-0.25, -0.2) is 0 Å². The topological polar surface area (TPSA) is 134 Å². The molecule has 2 heterocycles. The molecule has 10 nitrogen and oxygen atoms in total. The average Bonchev–Trinajstić information content (AvgIpc) is 3.47. The average molecular weight is 611 g/mol. The third kappa shape index (κ3) is 9.17. The van der Waals surface area contributed by atoms with E-state index in [4.69, 9.17) is 4.74 Å². The lowest BCUT2D eigenvalue weighted by Gasteiger charge is -2.34. The molecule has 2 saturated heterocycles. The van der Waals surface area contributed by atoms with Crippen molar-refractivity contribution in [3.8, 4) is 5.75 Å². The minimum absolute atomic E-state index is 0.0228. The molecule has 0 bridgehead atoms. The number of Topliss-reactive ketones (excluding diaryl/α,β-unsaturated/α-hetero) is 1. The summed E-state index contributed by atoms with van der Waals surface area (Å²) in [5, 5.41) is 8.32. The lowest BCUT2D eigenvalue weighted by Crippen LogP contribution is -2.62. The van der Waals surface area contributed by atoms with Gasteiger partial charge in [0.15, 0.2) is 0 Å². The SMILES string of the molecule is CC[C@H](C)[C@@H]1NC(=O)[C@@H](Cc2ccc(OC)cc2)NC(=O)[C@H](CCCCCC(=O)C(F)(F)F)NC(=O)[C@H]2CCCN2C1=O. The number of nitrogens with one attached hydrogen (secondary N) is 3. The molecule has 4 amide bonds. The van der Waals surface area contributed by atoms with Crippen molar-refractivity contribution >= 4 is 29.4 Å². The molecule has 0 radical (unpaired) electrons. The molecule has 2 aliphatic heterocycles. The second kappa shape index (κ2) is 15.2. The van der Waals surface area contributed by atoms with Crippen molar-refractivity contribution < 1.29 is 41.9 Å². The molecule has 5 atom stereocenters. The zero-order chi connectivity index (χ0) is 31.7. The summed E-state index contributed by atoms with van der Waals surface area (Å²) in [6, 6.07) is 3.05. The summed E-state index contributed by atoms with van der Waals surface area (Å²) in [5.74, 6) is -3.46. The second-order valence-corrected chi connectivity index (χ2v) is 11.3. The van der Waals surface area contributed by atoms with Crippen LogP contribution in [0.3, 0.4) is 0 Å². The molecule has 0 aromatic heterocycles. The number of fused-ring (bicyclic) bond motifs is 1. The van der Waals surface area contributed by atoms with Crippen LogP contribution in [-0.2, 0) is 30.4 Å². The van der Waals surface area contributed by atoms with E-state index >= 15 is 0 Å². The molecule has 2 fully saturated rings. The Labute approximate surface area is 249 Å².